The molecule has 0 bridgehead atoms. The highest BCUT2D eigenvalue weighted by atomic mass is 79.9. The highest BCUT2D eigenvalue weighted by Crippen LogP contribution is 2.30. The molecule has 2 nitrogen and oxygen atoms in total. The molecule has 6 heteroatoms. The minimum atomic E-state index is -0.460. The predicted octanol–water partition coefficient (Wildman–Crippen LogP) is 4.67. The Morgan fingerprint density at radius 3 is 2.63 bits per heavy atom. The van der Waals surface area contributed by atoms with Crippen molar-refractivity contribution >= 4 is 44.7 Å². The van der Waals surface area contributed by atoms with Gasteiger partial charge >= 0.3 is 0 Å². The summed E-state index contributed by atoms with van der Waals surface area (Å²) in [7, 11) is 0. The second kappa shape index (κ2) is 5.86. The van der Waals surface area contributed by atoms with Gasteiger partial charge in [0.25, 0.3) is 0 Å². The number of hydrogen-bond donors (Lipinski definition) is 1. The Kier molecular flexibility index (Phi) is 4.39. The average molecular weight is 361 g/mol. The van der Waals surface area contributed by atoms with Gasteiger partial charge in [-0.3, -0.25) is 0 Å². The van der Waals surface area contributed by atoms with E-state index in [1.165, 1.54) is 18.2 Å². The van der Waals surface area contributed by atoms with Crippen molar-refractivity contribution in [2.24, 2.45) is 5.73 Å². The molecule has 0 aliphatic rings. The molecular formula is C13H8BrClFNOS. The van der Waals surface area contributed by atoms with Crippen LogP contribution in [0.25, 0.3) is 0 Å². The second-order valence-electron chi connectivity index (χ2n) is 3.68. The molecule has 2 N–H and O–H groups in total. The lowest BCUT2D eigenvalue weighted by Gasteiger charge is -2.09. The molecule has 98 valence electrons. The third kappa shape index (κ3) is 3.43. The number of benzene rings is 2. The van der Waals surface area contributed by atoms with E-state index in [0.29, 0.717) is 16.3 Å². The van der Waals surface area contributed by atoms with Crippen molar-refractivity contribution in [1.82, 2.24) is 0 Å². The van der Waals surface area contributed by atoms with E-state index in [1.807, 2.05) is 0 Å². The molecule has 0 radical (unpaired) electrons. The maximum atomic E-state index is 13.5. The van der Waals surface area contributed by atoms with Crippen molar-refractivity contribution in [3.05, 3.63) is 57.3 Å². The number of nitrogens with two attached hydrogens (primary N) is 1. The SMILES string of the molecule is NC(=S)c1ccc(Oc2cc(Br)ccc2F)cc1Cl. The molecule has 0 saturated heterocycles. The summed E-state index contributed by atoms with van der Waals surface area (Å²) in [6.07, 6.45) is 0. The van der Waals surface area contributed by atoms with Crippen LogP contribution in [0, 0.1) is 5.82 Å². The zero-order valence-corrected chi connectivity index (χ0v) is 12.7. The van der Waals surface area contributed by atoms with Crippen molar-refractivity contribution in [3.63, 3.8) is 0 Å². The van der Waals surface area contributed by atoms with E-state index in [0.717, 1.165) is 4.47 Å². The van der Waals surface area contributed by atoms with E-state index >= 15 is 0 Å². The fraction of sp³-hybridized carbons (Fsp3) is 0. The Bertz CT molecular complexity index is 651. The average Bonchev–Trinajstić information content (AvgIpc) is 2.33. The molecule has 0 amide bonds. The Hall–Kier alpha value is -1.17. The highest BCUT2D eigenvalue weighted by molar-refractivity contribution is 9.10. The van der Waals surface area contributed by atoms with Crippen LogP contribution in [0.3, 0.4) is 0 Å². The topological polar surface area (TPSA) is 35.2 Å². The monoisotopic (exact) mass is 359 g/mol. The molecular weight excluding hydrogens is 353 g/mol. The summed E-state index contributed by atoms with van der Waals surface area (Å²) in [5.41, 5.74) is 6.06. The molecule has 0 heterocycles. The van der Waals surface area contributed by atoms with Crippen LogP contribution in [0.1, 0.15) is 5.56 Å². The minimum Gasteiger partial charge on any atom is -0.454 e. The van der Waals surface area contributed by atoms with E-state index in [4.69, 9.17) is 34.3 Å². The van der Waals surface area contributed by atoms with Gasteiger partial charge in [0, 0.05) is 16.1 Å². The van der Waals surface area contributed by atoms with Crippen molar-refractivity contribution in [2.45, 2.75) is 0 Å². The van der Waals surface area contributed by atoms with Crippen molar-refractivity contribution < 1.29 is 9.13 Å². The zero-order valence-electron chi connectivity index (χ0n) is 9.49. The molecule has 2 aromatic rings. The summed E-state index contributed by atoms with van der Waals surface area (Å²) < 4.78 is 19.7. The summed E-state index contributed by atoms with van der Waals surface area (Å²) in [5.74, 6) is 0.0493. The smallest absolute Gasteiger partial charge is 0.165 e. The molecule has 0 fully saturated rings. The van der Waals surface area contributed by atoms with Crippen LogP contribution in [0.5, 0.6) is 11.5 Å². The van der Waals surface area contributed by atoms with Gasteiger partial charge in [-0.05, 0) is 30.3 Å². The first-order valence-electron chi connectivity index (χ1n) is 5.19. The van der Waals surface area contributed by atoms with Gasteiger partial charge in [-0.15, -0.1) is 0 Å². The van der Waals surface area contributed by atoms with Crippen LogP contribution in [0.4, 0.5) is 4.39 Å². The van der Waals surface area contributed by atoms with E-state index in [2.05, 4.69) is 15.9 Å². The van der Waals surface area contributed by atoms with Gasteiger partial charge in [0.05, 0.1) is 5.02 Å². The molecule has 2 aromatic carbocycles. The predicted molar refractivity (Wildman–Crippen MR) is 81.5 cm³/mol. The molecule has 0 aliphatic carbocycles. The van der Waals surface area contributed by atoms with Gasteiger partial charge in [0.1, 0.15) is 10.7 Å². The maximum Gasteiger partial charge on any atom is 0.165 e. The summed E-state index contributed by atoms with van der Waals surface area (Å²) in [5, 5.41) is 0.361. The van der Waals surface area contributed by atoms with Crippen LogP contribution >= 0.6 is 39.7 Å². The molecule has 0 unspecified atom stereocenters. The highest BCUT2D eigenvalue weighted by Gasteiger charge is 2.08. The quantitative estimate of drug-likeness (QED) is 0.808. The first-order valence-corrected chi connectivity index (χ1v) is 6.77. The third-order valence-electron chi connectivity index (χ3n) is 2.33. The van der Waals surface area contributed by atoms with Crippen LogP contribution in [0.15, 0.2) is 40.9 Å². The van der Waals surface area contributed by atoms with E-state index in [-0.39, 0.29) is 10.7 Å². The summed E-state index contributed by atoms with van der Waals surface area (Å²) in [4.78, 5) is 0.199. The van der Waals surface area contributed by atoms with Gasteiger partial charge < -0.3 is 10.5 Å². The van der Waals surface area contributed by atoms with Gasteiger partial charge in [-0.25, -0.2) is 4.39 Å². The summed E-state index contributed by atoms with van der Waals surface area (Å²) in [6, 6.07) is 9.23. The van der Waals surface area contributed by atoms with E-state index < -0.39 is 5.82 Å². The Balaban J connectivity index is 2.31. The van der Waals surface area contributed by atoms with Gasteiger partial charge in [0.15, 0.2) is 11.6 Å². The molecule has 0 aliphatic heterocycles. The van der Waals surface area contributed by atoms with Gasteiger partial charge in [0.2, 0.25) is 0 Å². The molecule has 19 heavy (non-hydrogen) atoms. The third-order valence-corrected chi connectivity index (χ3v) is 3.35. The number of thiocarbonyl (C=S) groups is 1. The summed E-state index contributed by atoms with van der Waals surface area (Å²) in [6.45, 7) is 0. The van der Waals surface area contributed by atoms with Gasteiger partial charge in [-0.1, -0.05) is 39.7 Å². The molecule has 0 aromatic heterocycles. The number of rotatable bonds is 3. The Morgan fingerprint density at radius 2 is 2.00 bits per heavy atom. The number of halogens is 3. The minimum absolute atomic E-state index is 0.105. The number of ether oxygens (including phenoxy) is 1. The van der Waals surface area contributed by atoms with Crippen molar-refractivity contribution in [2.75, 3.05) is 0 Å². The lowest BCUT2D eigenvalue weighted by Crippen LogP contribution is -2.09. The summed E-state index contributed by atoms with van der Waals surface area (Å²) >= 11 is 14.1. The molecule has 0 spiro atoms. The Morgan fingerprint density at radius 1 is 1.26 bits per heavy atom. The zero-order chi connectivity index (χ0) is 14.0. The van der Waals surface area contributed by atoms with Crippen molar-refractivity contribution in [3.8, 4) is 11.5 Å². The van der Waals surface area contributed by atoms with Crippen LogP contribution in [0.2, 0.25) is 5.02 Å². The first-order chi connectivity index (χ1) is 8.97. The lowest BCUT2D eigenvalue weighted by atomic mass is 10.2. The Labute approximate surface area is 128 Å². The van der Waals surface area contributed by atoms with E-state index in [1.54, 1.807) is 18.2 Å². The molecule has 2 rings (SSSR count). The maximum absolute atomic E-state index is 13.5. The van der Waals surface area contributed by atoms with Gasteiger partial charge in [-0.2, -0.15) is 0 Å². The normalized spacial score (nSPS) is 10.3. The van der Waals surface area contributed by atoms with Crippen molar-refractivity contribution in [1.29, 1.82) is 0 Å². The largest absolute Gasteiger partial charge is 0.454 e. The second-order valence-corrected chi connectivity index (χ2v) is 5.45. The van der Waals surface area contributed by atoms with Crippen LogP contribution in [-0.2, 0) is 0 Å². The fourth-order valence-corrected chi connectivity index (χ4v) is 2.29. The first kappa shape index (κ1) is 14.2. The lowest BCUT2D eigenvalue weighted by molar-refractivity contribution is 0.442. The van der Waals surface area contributed by atoms with E-state index in [9.17, 15) is 4.39 Å². The molecule has 0 saturated carbocycles. The fourth-order valence-electron chi connectivity index (χ4n) is 1.44. The molecule has 0 atom stereocenters. The van der Waals surface area contributed by atoms with Crippen LogP contribution < -0.4 is 10.5 Å². The standard InChI is InChI=1S/C13H8BrClFNOS/c14-7-1-4-11(16)12(5-7)18-8-2-3-9(13(17)19)10(15)6-8/h1-6H,(H2,17,19). The van der Waals surface area contributed by atoms with Crippen LogP contribution in [-0.4, -0.2) is 4.99 Å². The number of hydrogen-bond acceptors (Lipinski definition) is 2.